The number of ketones is 1. The third-order valence-corrected chi connectivity index (χ3v) is 5.92. The fourth-order valence-electron chi connectivity index (χ4n) is 4.25. The van der Waals surface area contributed by atoms with Crippen molar-refractivity contribution >= 4 is 24.1 Å². The molecule has 3 rings (SSSR count). The van der Waals surface area contributed by atoms with Gasteiger partial charge < -0.3 is 10.6 Å². The molecule has 2 unspecified atom stereocenters. The molecule has 0 aromatic heterocycles. The summed E-state index contributed by atoms with van der Waals surface area (Å²) in [5.74, 6) is -2.19. The molecule has 0 spiro atoms. The molecule has 0 bridgehead atoms. The van der Waals surface area contributed by atoms with E-state index in [9.17, 15) is 18.4 Å². The lowest BCUT2D eigenvalue weighted by molar-refractivity contribution is -0.140. The second-order valence-electron chi connectivity index (χ2n) is 7.89. The molecule has 1 aromatic carbocycles. The molecular formula is C20H27ClF2N2O2. The number of piperidine rings is 1. The maximum absolute atomic E-state index is 13.8. The van der Waals surface area contributed by atoms with Crippen LogP contribution < -0.4 is 5.73 Å². The number of carbonyl (C=O) groups is 2. The highest BCUT2D eigenvalue weighted by Crippen LogP contribution is 2.34. The molecule has 2 aliphatic rings. The molecule has 27 heavy (non-hydrogen) atoms. The zero-order valence-electron chi connectivity index (χ0n) is 15.5. The van der Waals surface area contributed by atoms with Gasteiger partial charge in [-0.1, -0.05) is 12.8 Å². The van der Waals surface area contributed by atoms with Crippen LogP contribution in [0.1, 0.15) is 55.8 Å². The molecule has 4 nitrogen and oxygen atoms in total. The van der Waals surface area contributed by atoms with Gasteiger partial charge in [0.25, 0.3) is 0 Å². The highest BCUT2D eigenvalue weighted by molar-refractivity contribution is 5.98. The minimum atomic E-state index is -0.698. The molecule has 0 radical (unpaired) electrons. The van der Waals surface area contributed by atoms with Crippen LogP contribution in [0.3, 0.4) is 0 Å². The van der Waals surface area contributed by atoms with Crippen molar-refractivity contribution in [1.29, 1.82) is 0 Å². The van der Waals surface area contributed by atoms with Crippen molar-refractivity contribution in [2.45, 2.75) is 51.0 Å². The van der Waals surface area contributed by atoms with Crippen LogP contribution >= 0.6 is 12.4 Å². The zero-order chi connectivity index (χ0) is 18.9. The van der Waals surface area contributed by atoms with E-state index in [4.69, 9.17) is 5.73 Å². The predicted molar refractivity (Wildman–Crippen MR) is 102 cm³/mol. The first kappa shape index (κ1) is 21.8. The van der Waals surface area contributed by atoms with Gasteiger partial charge in [0.1, 0.15) is 11.6 Å². The third-order valence-electron chi connectivity index (χ3n) is 5.92. The van der Waals surface area contributed by atoms with E-state index in [1.807, 2.05) is 6.92 Å². The summed E-state index contributed by atoms with van der Waals surface area (Å²) in [5.41, 5.74) is 5.66. The zero-order valence-corrected chi connectivity index (χ0v) is 16.4. The Kier molecular flexibility index (Phi) is 6.98. The van der Waals surface area contributed by atoms with E-state index in [1.54, 1.807) is 4.90 Å². The number of hydrogen-bond donors (Lipinski definition) is 1. The van der Waals surface area contributed by atoms with Gasteiger partial charge in [-0.2, -0.15) is 0 Å². The van der Waals surface area contributed by atoms with Crippen molar-refractivity contribution in [3.05, 3.63) is 35.4 Å². The highest BCUT2D eigenvalue weighted by atomic mass is 35.5. The number of amides is 1. The molecule has 2 atom stereocenters. The van der Waals surface area contributed by atoms with Gasteiger partial charge >= 0.3 is 0 Å². The Labute approximate surface area is 164 Å². The Hall–Kier alpha value is -1.53. The molecule has 1 saturated heterocycles. The van der Waals surface area contributed by atoms with Crippen molar-refractivity contribution in [3.8, 4) is 0 Å². The van der Waals surface area contributed by atoms with Gasteiger partial charge in [-0.25, -0.2) is 8.78 Å². The molecule has 1 heterocycles. The maximum Gasteiger partial charge on any atom is 0.227 e. The Morgan fingerprint density at radius 2 is 1.81 bits per heavy atom. The first-order valence-electron chi connectivity index (χ1n) is 9.36. The summed E-state index contributed by atoms with van der Waals surface area (Å²) in [6, 6.07) is 2.94. The molecule has 2 N–H and O–H groups in total. The van der Waals surface area contributed by atoms with E-state index < -0.39 is 17.2 Å². The van der Waals surface area contributed by atoms with Crippen molar-refractivity contribution < 1.29 is 18.4 Å². The van der Waals surface area contributed by atoms with Crippen molar-refractivity contribution in [2.75, 3.05) is 13.1 Å². The van der Waals surface area contributed by atoms with Crippen LogP contribution in [0.15, 0.2) is 18.2 Å². The minimum absolute atomic E-state index is 0. The third kappa shape index (κ3) is 4.66. The first-order valence-corrected chi connectivity index (χ1v) is 9.36. The van der Waals surface area contributed by atoms with Gasteiger partial charge in [0.15, 0.2) is 5.78 Å². The molecule has 1 saturated carbocycles. The van der Waals surface area contributed by atoms with E-state index in [1.165, 1.54) is 0 Å². The van der Waals surface area contributed by atoms with Crippen LogP contribution in [0.5, 0.6) is 0 Å². The van der Waals surface area contributed by atoms with Crippen LogP contribution in [-0.4, -0.2) is 35.2 Å². The van der Waals surface area contributed by atoms with Crippen LogP contribution in [0.2, 0.25) is 0 Å². The number of benzene rings is 1. The van der Waals surface area contributed by atoms with Gasteiger partial charge in [0, 0.05) is 24.5 Å². The molecule has 150 valence electrons. The van der Waals surface area contributed by atoms with Gasteiger partial charge in [-0.15, -0.1) is 12.4 Å². The van der Waals surface area contributed by atoms with Gasteiger partial charge in [-0.05, 0) is 50.8 Å². The minimum Gasteiger partial charge on any atom is -0.342 e. The van der Waals surface area contributed by atoms with E-state index >= 15 is 0 Å². The van der Waals surface area contributed by atoms with Crippen molar-refractivity contribution in [1.82, 2.24) is 4.90 Å². The highest BCUT2D eigenvalue weighted by Gasteiger charge is 2.41. The first-order chi connectivity index (χ1) is 12.3. The molecule has 1 aliphatic carbocycles. The number of halogens is 3. The summed E-state index contributed by atoms with van der Waals surface area (Å²) in [7, 11) is 0. The summed E-state index contributed by atoms with van der Waals surface area (Å²) in [5, 5.41) is 0. The number of carbonyl (C=O) groups excluding carboxylic acids is 2. The average molecular weight is 401 g/mol. The van der Waals surface area contributed by atoms with E-state index in [2.05, 4.69) is 0 Å². The molecular weight excluding hydrogens is 374 g/mol. The van der Waals surface area contributed by atoms with Crippen LogP contribution in [0, 0.1) is 23.5 Å². The Bertz CT molecular complexity index is 703. The van der Waals surface area contributed by atoms with Gasteiger partial charge in [-0.3, -0.25) is 9.59 Å². The number of nitrogens with two attached hydrogens (primary N) is 1. The van der Waals surface area contributed by atoms with Crippen LogP contribution in [0.4, 0.5) is 8.78 Å². The Morgan fingerprint density at radius 3 is 2.44 bits per heavy atom. The fourth-order valence-corrected chi connectivity index (χ4v) is 4.25. The molecule has 1 amide bonds. The number of hydrogen-bond acceptors (Lipinski definition) is 3. The topological polar surface area (TPSA) is 63.4 Å². The quantitative estimate of drug-likeness (QED) is 0.786. The maximum atomic E-state index is 13.8. The average Bonchev–Trinajstić information content (AvgIpc) is 2.62. The second-order valence-corrected chi connectivity index (χ2v) is 7.89. The lowest BCUT2D eigenvalue weighted by Crippen LogP contribution is -2.55. The van der Waals surface area contributed by atoms with Gasteiger partial charge in [0.05, 0.1) is 11.5 Å². The predicted octanol–water partition coefficient (Wildman–Crippen LogP) is 3.72. The summed E-state index contributed by atoms with van der Waals surface area (Å²) in [6.07, 6.45) is 4.64. The van der Waals surface area contributed by atoms with Crippen molar-refractivity contribution in [2.24, 2.45) is 17.6 Å². The Balaban J connectivity index is 0.00000261. The molecule has 1 aromatic rings. The fraction of sp³-hybridized carbons (Fsp3) is 0.600. The second kappa shape index (κ2) is 8.65. The normalized spacial score (nSPS) is 26.4. The molecule has 1 aliphatic heterocycles. The van der Waals surface area contributed by atoms with Gasteiger partial charge in [0.2, 0.25) is 5.91 Å². The van der Waals surface area contributed by atoms with E-state index in [0.29, 0.717) is 25.9 Å². The van der Waals surface area contributed by atoms with Crippen molar-refractivity contribution in [3.63, 3.8) is 0 Å². The summed E-state index contributed by atoms with van der Waals surface area (Å²) in [4.78, 5) is 27.2. The summed E-state index contributed by atoms with van der Waals surface area (Å²) < 4.78 is 27.2. The molecule has 2 fully saturated rings. The summed E-state index contributed by atoms with van der Waals surface area (Å²) in [6.45, 7) is 2.86. The Morgan fingerprint density at radius 1 is 1.15 bits per heavy atom. The van der Waals surface area contributed by atoms with Crippen LogP contribution in [0.25, 0.3) is 0 Å². The number of nitrogens with zero attached hydrogens (tertiary/aromatic N) is 1. The number of likely N-dealkylation sites (tertiary alicyclic amines) is 1. The van der Waals surface area contributed by atoms with Crippen LogP contribution in [-0.2, 0) is 4.79 Å². The van der Waals surface area contributed by atoms with E-state index in [-0.39, 0.29) is 41.5 Å². The largest absolute Gasteiger partial charge is 0.342 e. The SMILES string of the molecule is CC1(N)CCCCC1C(=O)N1CCC(C(=O)c2cc(F)ccc2F)CC1.Cl. The number of Topliss-reactive ketones (excluding diaryl/α,β-unsaturated/α-hetero) is 1. The summed E-state index contributed by atoms with van der Waals surface area (Å²) >= 11 is 0. The smallest absolute Gasteiger partial charge is 0.227 e. The lowest BCUT2D eigenvalue weighted by atomic mass is 9.73. The molecule has 7 heteroatoms. The number of rotatable bonds is 3. The monoisotopic (exact) mass is 400 g/mol. The lowest BCUT2D eigenvalue weighted by Gasteiger charge is -2.41. The standard InChI is InChI=1S/C20H26F2N2O2.ClH/c1-20(23)9-3-2-4-16(20)19(26)24-10-7-13(8-11-24)18(25)15-12-14(21)5-6-17(15)22;/h5-6,12-13,16H,2-4,7-11,23H2,1H3;1H. The van der Waals surface area contributed by atoms with E-state index in [0.717, 1.165) is 43.9 Å².